The van der Waals surface area contributed by atoms with Gasteiger partial charge in [0.05, 0.1) is 18.9 Å². The number of rotatable bonds is 3. The Morgan fingerprint density at radius 1 is 1.61 bits per heavy atom. The van der Waals surface area contributed by atoms with Gasteiger partial charge >= 0.3 is 0 Å². The summed E-state index contributed by atoms with van der Waals surface area (Å²) in [5, 5.41) is 5.59. The average Bonchev–Trinajstić information content (AvgIpc) is 2.41. The lowest BCUT2D eigenvalue weighted by Gasteiger charge is -2.23. The maximum atomic E-state index is 12.0. The first-order valence-electron chi connectivity index (χ1n) is 5.76. The standard InChI is InChI=1S/C12H15N3O3/c1-18-10-7-13-5-4-9(10)12(17)15-8-2-3-11(16)14-6-8/h4-5,7-8H,2-3,6H2,1H3,(H,14,16)(H,15,17). The van der Waals surface area contributed by atoms with Crippen LogP contribution in [0.5, 0.6) is 5.75 Å². The zero-order valence-corrected chi connectivity index (χ0v) is 10.1. The average molecular weight is 249 g/mol. The smallest absolute Gasteiger partial charge is 0.255 e. The van der Waals surface area contributed by atoms with Gasteiger partial charge in [-0.2, -0.15) is 0 Å². The predicted octanol–water partition coefficient (Wildman–Crippen LogP) is 0.0986. The molecule has 6 heteroatoms. The molecule has 6 nitrogen and oxygen atoms in total. The minimum absolute atomic E-state index is 0.0296. The zero-order chi connectivity index (χ0) is 13.0. The van der Waals surface area contributed by atoms with Crippen molar-refractivity contribution < 1.29 is 14.3 Å². The highest BCUT2D eigenvalue weighted by Gasteiger charge is 2.21. The normalized spacial score (nSPS) is 18.9. The van der Waals surface area contributed by atoms with E-state index in [-0.39, 0.29) is 17.9 Å². The summed E-state index contributed by atoms with van der Waals surface area (Å²) in [5.41, 5.74) is 0.449. The fraction of sp³-hybridized carbons (Fsp3) is 0.417. The molecule has 2 N–H and O–H groups in total. The van der Waals surface area contributed by atoms with Crippen LogP contribution in [0.4, 0.5) is 0 Å². The van der Waals surface area contributed by atoms with Crippen molar-refractivity contribution in [3.63, 3.8) is 0 Å². The second-order valence-corrected chi connectivity index (χ2v) is 4.09. The Balaban J connectivity index is 2.01. The maximum absolute atomic E-state index is 12.0. The molecule has 96 valence electrons. The van der Waals surface area contributed by atoms with Crippen LogP contribution in [0.2, 0.25) is 0 Å². The summed E-state index contributed by atoms with van der Waals surface area (Å²) in [5.74, 6) is 0.257. The molecule has 1 aromatic rings. The molecule has 2 rings (SSSR count). The van der Waals surface area contributed by atoms with E-state index in [9.17, 15) is 9.59 Å². The van der Waals surface area contributed by atoms with Crippen molar-refractivity contribution in [3.8, 4) is 5.75 Å². The second kappa shape index (κ2) is 5.48. The Bertz CT molecular complexity index is 452. The van der Waals surface area contributed by atoms with Crippen LogP contribution in [0.25, 0.3) is 0 Å². The van der Waals surface area contributed by atoms with Gasteiger partial charge in [-0.15, -0.1) is 0 Å². The molecule has 18 heavy (non-hydrogen) atoms. The van der Waals surface area contributed by atoms with E-state index in [2.05, 4.69) is 15.6 Å². The number of hydrogen-bond acceptors (Lipinski definition) is 4. The quantitative estimate of drug-likeness (QED) is 0.796. The number of piperidine rings is 1. The number of carbonyl (C=O) groups excluding carboxylic acids is 2. The fourth-order valence-electron chi connectivity index (χ4n) is 1.85. The lowest BCUT2D eigenvalue weighted by molar-refractivity contribution is -0.122. The topological polar surface area (TPSA) is 80.3 Å². The highest BCUT2D eigenvalue weighted by molar-refractivity contribution is 5.97. The Morgan fingerprint density at radius 2 is 2.44 bits per heavy atom. The summed E-state index contributed by atoms with van der Waals surface area (Å²) in [7, 11) is 1.49. The highest BCUT2D eigenvalue weighted by Crippen LogP contribution is 2.16. The Morgan fingerprint density at radius 3 is 3.11 bits per heavy atom. The SMILES string of the molecule is COc1cnccc1C(=O)NC1CCC(=O)NC1. The van der Waals surface area contributed by atoms with Crippen LogP contribution < -0.4 is 15.4 Å². The van der Waals surface area contributed by atoms with Gasteiger partial charge < -0.3 is 15.4 Å². The largest absolute Gasteiger partial charge is 0.494 e. The van der Waals surface area contributed by atoms with Gasteiger partial charge in [0.2, 0.25) is 5.91 Å². The van der Waals surface area contributed by atoms with Crippen LogP contribution in [0.1, 0.15) is 23.2 Å². The number of methoxy groups -OCH3 is 1. The van der Waals surface area contributed by atoms with Crippen molar-refractivity contribution in [1.29, 1.82) is 0 Å². The van der Waals surface area contributed by atoms with Crippen molar-refractivity contribution in [2.75, 3.05) is 13.7 Å². The molecule has 2 amide bonds. The molecule has 1 fully saturated rings. The molecule has 0 aromatic carbocycles. The van der Waals surface area contributed by atoms with E-state index in [4.69, 9.17) is 4.74 Å². The molecule has 0 saturated carbocycles. The van der Waals surface area contributed by atoms with Crippen molar-refractivity contribution in [2.24, 2.45) is 0 Å². The summed E-state index contributed by atoms with van der Waals surface area (Å²) < 4.78 is 5.08. The van der Waals surface area contributed by atoms with Gasteiger partial charge in [0.1, 0.15) is 5.75 Å². The predicted molar refractivity (Wildman–Crippen MR) is 64.3 cm³/mol. The van der Waals surface area contributed by atoms with Gasteiger partial charge in [0, 0.05) is 25.2 Å². The molecule has 0 bridgehead atoms. The third kappa shape index (κ3) is 2.77. The zero-order valence-electron chi connectivity index (χ0n) is 10.1. The highest BCUT2D eigenvalue weighted by atomic mass is 16.5. The van der Waals surface area contributed by atoms with Gasteiger partial charge in [-0.05, 0) is 12.5 Å². The molecule has 0 radical (unpaired) electrons. The molecular formula is C12H15N3O3. The van der Waals surface area contributed by atoms with Crippen molar-refractivity contribution in [3.05, 3.63) is 24.0 Å². The first-order chi connectivity index (χ1) is 8.70. The van der Waals surface area contributed by atoms with Crippen LogP contribution >= 0.6 is 0 Å². The Kier molecular flexibility index (Phi) is 3.76. The number of nitrogens with one attached hydrogen (secondary N) is 2. The molecule has 0 spiro atoms. The van der Waals surface area contributed by atoms with Crippen LogP contribution in [-0.2, 0) is 4.79 Å². The van der Waals surface area contributed by atoms with Gasteiger partial charge in [-0.1, -0.05) is 0 Å². The summed E-state index contributed by atoms with van der Waals surface area (Å²) >= 11 is 0. The Hall–Kier alpha value is -2.11. The van der Waals surface area contributed by atoms with Crippen LogP contribution in [0.3, 0.4) is 0 Å². The molecule has 1 aromatic heterocycles. The van der Waals surface area contributed by atoms with Crippen LogP contribution in [-0.4, -0.2) is 36.5 Å². The van der Waals surface area contributed by atoms with E-state index in [1.54, 1.807) is 12.3 Å². The van der Waals surface area contributed by atoms with Crippen molar-refractivity contribution >= 4 is 11.8 Å². The van der Waals surface area contributed by atoms with Gasteiger partial charge in [-0.3, -0.25) is 14.6 Å². The van der Waals surface area contributed by atoms with Crippen molar-refractivity contribution in [2.45, 2.75) is 18.9 Å². The lowest BCUT2D eigenvalue weighted by Crippen LogP contribution is -2.47. The number of aromatic nitrogens is 1. The second-order valence-electron chi connectivity index (χ2n) is 4.09. The number of carbonyl (C=O) groups is 2. The summed E-state index contributed by atoms with van der Waals surface area (Å²) in [6.45, 7) is 0.470. The molecule has 1 atom stereocenters. The molecule has 1 unspecified atom stereocenters. The first kappa shape index (κ1) is 12.3. The first-order valence-corrected chi connectivity index (χ1v) is 5.76. The van der Waals surface area contributed by atoms with E-state index in [0.29, 0.717) is 30.7 Å². The van der Waals surface area contributed by atoms with Crippen LogP contribution in [0.15, 0.2) is 18.5 Å². The van der Waals surface area contributed by atoms with Gasteiger partial charge in [0.25, 0.3) is 5.91 Å². The number of amides is 2. The monoisotopic (exact) mass is 249 g/mol. The third-order valence-corrected chi connectivity index (χ3v) is 2.85. The summed E-state index contributed by atoms with van der Waals surface area (Å²) in [6.07, 6.45) is 4.14. The lowest BCUT2D eigenvalue weighted by atomic mass is 10.1. The van der Waals surface area contributed by atoms with E-state index in [0.717, 1.165) is 0 Å². The number of nitrogens with zero attached hydrogens (tertiary/aromatic N) is 1. The fourth-order valence-corrected chi connectivity index (χ4v) is 1.85. The molecular weight excluding hydrogens is 234 g/mol. The maximum Gasteiger partial charge on any atom is 0.255 e. The van der Waals surface area contributed by atoms with Gasteiger partial charge in [-0.25, -0.2) is 0 Å². The summed E-state index contributed by atoms with van der Waals surface area (Å²) in [4.78, 5) is 26.9. The minimum atomic E-state index is -0.213. The number of pyridine rings is 1. The van der Waals surface area contributed by atoms with E-state index in [1.807, 2.05) is 0 Å². The third-order valence-electron chi connectivity index (χ3n) is 2.85. The molecule has 0 aliphatic carbocycles. The molecule has 1 aliphatic heterocycles. The minimum Gasteiger partial charge on any atom is -0.494 e. The molecule has 1 saturated heterocycles. The summed E-state index contributed by atoms with van der Waals surface area (Å²) in [6, 6.07) is 1.57. The molecule has 2 heterocycles. The number of ether oxygens (including phenoxy) is 1. The Labute approximate surface area is 105 Å². The van der Waals surface area contributed by atoms with Crippen molar-refractivity contribution in [1.82, 2.24) is 15.6 Å². The van der Waals surface area contributed by atoms with E-state index < -0.39 is 0 Å². The van der Waals surface area contributed by atoms with Gasteiger partial charge in [0.15, 0.2) is 0 Å². The van der Waals surface area contributed by atoms with Crippen LogP contribution in [0, 0.1) is 0 Å². The van der Waals surface area contributed by atoms with E-state index >= 15 is 0 Å². The van der Waals surface area contributed by atoms with E-state index in [1.165, 1.54) is 13.3 Å². The number of hydrogen-bond donors (Lipinski definition) is 2. The molecule has 1 aliphatic rings.